The molecule has 154 valence electrons. The number of fused-ring (bicyclic) bond motifs is 1. The molecule has 2 aromatic carbocycles. The van der Waals surface area contributed by atoms with Crippen LogP contribution in [-0.2, 0) is 0 Å². The molecule has 0 atom stereocenters. The molecule has 2 heterocycles. The van der Waals surface area contributed by atoms with Gasteiger partial charge in [0.1, 0.15) is 5.75 Å². The van der Waals surface area contributed by atoms with Gasteiger partial charge in [-0.15, -0.1) is 5.10 Å². The molecule has 0 radical (unpaired) electrons. The van der Waals surface area contributed by atoms with E-state index in [0.29, 0.717) is 37.5 Å². The van der Waals surface area contributed by atoms with Crippen LogP contribution in [0, 0.1) is 0 Å². The number of hydrogen-bond donors (Lipinski definition) is 0. The van der Waals surface area contributed by atoms with Crippen molar-refractivity contribution in [1.29, 1.82) is 0 Å². The summed E-state index contributed by atoms with van der Waals surface area (Å²) in [5.41, 5.74) is 1.27. The molecule has 0 spiro atoms. The standard InChI is InChI=1S/C22H19Cl2N3O2S/c1-2-3-6-11-29-18-8-5-4-7-14(18)12-19-21(28)27-22(30-19)25-20(26-27)16-10-9-15(23)13-17(16)24/h4-5,7-10,12-13H,2-3,6,11H2,1H3. The van der Waals surface area contributed by atoms with Crippen LogP contribution in [0.1, 0.15) is 31.7 Å². The van der Waals surface area contributed by atoms with E-state index < -0.39 is 0 Å². The Morgan fingerprint density at radius 2 is 2.00 bits per heavy atom. The van der Waals surface area contributed by atoms with Crippen LogP contribution in [-0.4, -0.2) is 21.2 Å². The number of rotatable bonds is 7. The van der Waals surface area contributed by atoms with Gasteiger partial charge < -0.3 is 4.74 Å². The quantitative estimate of drug-likeness (QED) is 0.354. The number of aromatic nitrogens is 3. The van der Waals surface area contributed by atoms with Crippen LogP contribution in [0.4, 0.5) is 0 Å². The fourth-order valence-electron chi connectivity index (χ4n) is 3.03. The van der Waals surface area contributed by atoms with Gasteiger partial charge in [0.25, 0.3) is 5.56 Å². The summed E-state index contributed by atoms with van der Waals surface area (Å²) >= 11 is 13.5. The van der Waals surface area contributed by atoms with E-state index in [0.717, 1.165) is 30.6 Å². The summed E-state index contributed by atoms with van der Waals surface area (Å²) in [5, 5.41) is 5.32. The van der Waals surface area contributed by atoms with Crippen molar-refractivity contribution in [2.75, 3.05) is 6.61 Å². The Hall–Kier alpha value is -2.41. The Kier molecular flexibility index (Phi) is 6.37. The second-order valence-electron chi connectivity index (χ2n) is 6.76. The highest BCUT2D eigenvalue weighted by Gasteiger charge is 2.14. The van der Waals surface area contributed by atoms with Gasteiger partial charge in [-0.2, -0.15) is 9.50 Å². The summed E-state index contributed by atoms with van der Waals surface area (Å²) < 4.78 is 7.77. The number of para-hydroxylation sites is 1. The lowest BCUT2D eigenvalue weighted by Gasteiger charge is -2.08. The molecule has 0 aliphatic rings. The number of benzene rings is 2. The molecular weight excluding hydrogens is 441 g/mol. The molecule has 4 aromatic rings. The Morgan fingerprint density at radius 3 is 2.77 bits per heavy atom. The first kappa shape index (κ1) is 20.8. The fraction of sp³-hybridized carbons (Fsp3) is 0.227. The molecule has 30 heavy (non-hydrogen) atoms. The molecule has 4 rings (SSSR count). The van der Waals surface area contributed by atoms with Crippen molar-refractivity contribution in [1.82, 2.24) is 14.6 Å². The number of nitrogens with zero attached hydrogens (tertiary/aromatic N) is 3. The third kappa shape index (κ3) is 4.36. The van der Waals surface area contributed by atoms with Crippen LogP contribution in [0.5, 0.6) is 5.75 Å². The minimum absolute atomic E-state index is 0.223. The van der Waals surface area contributed by atoms with Gasteiger partial charge in [-0.05, 0) is 36.8 Å². The summed E-state index contributed by atoms with van der Waals surface area (Å²) in [7, 11) is 0. The molecule has 0 fully saturated rings. The molecule has 0 unspecified atom stereocenters. The zero-order valence-electron chi connectivity index (χ0n) is 16.3. The van der Waals surface area contributed by atoms with E-state index in [1.165, 1.54) is 15.9 Å². The third-order valence-electron chi connectivity index (χ3n) is 4.56. The van der Waals surface area contributed by atoms with Gasteiger partial charge >= 0.3 is 0 Å². The minimum Gasteiger partial charge on any atom is -0.493 e. The molecule has 0 aliphatic heterocycles. The molecule has 5 nitrogen and oxygen atoms in total. The highest BCUT2D eigenvalue weighted by molar-refractivity contribution is 7.15. The Morgan fingerprint density at radius 1 is 1.17 bits per heavy atom. The molecular formula is C22H19Cl2N3O2S. The van der Waals surface area contributed by atoms with Crippen LogP contribution in [0.15, 0.2) is 47.3 Å². The van der Waals surface area contributed by atoms with Crippen LogP contribution >= 0.6 is 34.5 Å². The summed E-state index contributed by atoms with van der Waals surface area (Å²) in [6, 6.07) is 12.8. The van der Waals surface area contributed by atoms with Crippen molar-refractivity contribution in [3.63, 3.8) is 0 Å². The van der Waals surface area contributed by atoms with Gasteiger partial charge in [-0.1, -0.05) is 72.5 Å². The van der Waals surface area contributed by atoms with E-state index in [1.807, 2.05) is 30.3 Å². The number of halogens is 2. The minimum atomic E-state index is -0.223. The van der Waals surface area contributed by atoms with Crippen molar-refractivity contribution in [2.45, 2.75) is 26.2 Å². The predicted molar refractivity (Wildman–Crippen MR) is 123 cm³/mol. The van der Waals surface area contributed by atoms with E-state index in [-0.39, 0.29) is 5.56 Å². The SMILES string of the molecule is CCCCCOc1ccccc1C=c1sc2nc(-c3ccc(Cl)cc3Cl)nn2c1=O. The normalized spacial score (nSPS) is 12.0. The third-order valence-corrected chi connectivity index (χ3v) is 6.07. The highest BCUT2D eigenvalue weighted by atomic mass is 35.5. The van der Waals surface area contributed by atoms with Gasteiger partial charge in [0, 0.05) is 16.1 Å². The zero-order valence-corrected chi connectivity index (χ0v) is 18.6. The number of unbranched alkanes of at least 4 members (excludes halogenated alkanes) is 2. The molecule has 0 amide bonds. The Balaban J connectivity index is 1.68. The molecule has 0 saturated carbocycles. The fourth-order valence-corrected chi connectivity index (χ4v) is 4.42. The molecule has 0 aliphatic carbocycles. The molecule has 0 N–H and O–H groups in total. The number of thiazole rings is 1. The van der Waals surface area contributed by atoms with Gasteiger partial charge in [0.15, 0.2) is 5.82 Å². The van der Waals surface area contributed by atoms with Crippen molar-refractivity contribution in [3.05, 3.63) is 73.0 Å². The predicted octanol–water partition coefficient (Wildman–Crippen LogP) is 5.24. The average Bonchev–Trinajstić information content (AvgIpc) is 3.26. The summed E-state index contributed by atoms with van der Waals surface area (Å²) in [6.45, 7) is 2.81. The highest BCUT2D eigenvalue weighted by Crippen LogP contribution is 2.28. The molecule has 2 aromatic heterocycles. The maximum atomic E-state index is 12.9. The Bertz CT molecular complexity index is 1300. The van der Waals surface area contributed by atoms with E-state index in [9.17, 15) is 4.79 Å². The largest absolute Gasteiger partial charge is 0.493 e. The zero-order chi connectivity index (χ0) is 21.1. The summed E-state index contributed by atoms with van der Waals surface area (Å²) in [6.07, 6.45) is 5.10. The van der Waals surface area contributed by atoms with Crippen LogP contribution in [0.3, 0.4) is 0 Å². The first-order chi connectivity index (χ1) is 14.6. The monoisotopic (exact) mass is 459 g/mol. The lowest BCUT2D eigenvalue weighted by molar-refractivity contribution is 0.305. The average molecular weight is 460 g/mol. The van der Waals surface area contributed by atoms with Crippen molar-refractivity contribution < 1.29 is 4.74 Å². The first-order valence-electron chi connectivity index (χ1n) is 9.65. The number of hydrogen-bond acceptors (Lipinski definition) is 5. The smallest absolute Gasteiger partial charge is 0.291 e. The van der Waals surface area contributed by atoms with Gasteiger partial charge in [-0.3, -0.25) is 4.79 Å². The van der Waals surface area contributed by atoms with Crippen LogP contribution in [0.25, 0.3) is 22.4 Å². The van der Waals surface area contributed by atoms with Crippen molar-refractivity contribution in [3.8, 4) is 17.1 Å². The lowest BCUT2D eigenvalue weighted by Crippen LogP contribution is -2.23. The molecule has 0 saturated heterocycles. The maximum absolute atomic E-state index is 12.9. The molecule has 8 heteroatoms. The maximum Gasteiger partial charge on any atom is 0.291 e. The van der Waals surface area contributed by atoms with E-state index in [2.05, 4.69) is 17.0 Å². The van der Waals surface area contributed by atoms with Gasteiger partial charge in [-0.25, -0.2) is 0 Å². The summed E-state index contributed by atoms with van der Waals surface area (Å²) in [4.78, 5) is 17.9. The lowest BCUT2D eigenvalue weighted by atomic mass is 10.2. The van der Waals surface area contributed by atoms with E-state index in [1.54, 1.807) is 18.2 Å². The van der Waals surface area contributed by atoms with Crippen LogP contribution in [0.2, 0.25) is 10.0 Å². The van der Waals surface area contributed by atoms with E-state index in [4.69, 9.17) is 27.9 Å². The second kappa shape index (κ2) is 9.16. The van der Waals surface area contributed by atoms with Gasteiger partial charge in [0.2, 0.25) is 4.96 Å². The van der Waals surface area contributed by atoms with Crippen molar-refractivity contribution in [2.24, 2.45) is 0 Å². The number of ether oxygens (including phenoxy) is 1. The second-order valence-corrected chi connectivity index (χ2v) is 8.62. The molecule has 0 bridgehead atoms. The van der Waals surface area contributed by atoms with Crippen LogP contribution < -0.4 is 14.8 Å². The van der Waals surface area contributed by atoms with E-state index >= 15 is 0 Å². The van der Waals surface area contributed by atoms with Crippen molar-refractivity contribution >= 4 is 45.6 Å². The summed E-state index contributed by atoms with van der Waals surface area (Å²) in [5.74, 6) is 1.16. The Labute approximate surface area is 187 Å². The topological polar surface area (TPSA) is 56.5 Å². The first-order valence-corrected chi connectivity index (χ1v) is 11.2. The van der Waals surface area contributed by atoms with Gasteiger partial charge in [0.05, 0.1) is 16.2 Å².